The number of hydrogen-bond donors (Lipinski definition) is 3. The summed E-state index contributed by atoms with van der Waals surface area (Å²) in [6.07, 6.45) is -1.05. The minimum atomic E-state index is -1.05. The van der Waals surface area contributed by atoms with Gasteiger partial charge in [0.05, 0.1) is 6.10 Å². The number of carbonyl (C=O) groups is 1. The fraction of sp³-hybridized carbons (Fsp3) is 0.500. The molecule has 0 aromatic heterocycles. The van der Waals surface area contributed by atoms with Crippen LogP contribution in [-0.2, 0) is 0 Å². The molecule has 1 aromatic carbocycles. The molecule has 0 aliphatic carbocycles. The van der Waals surface area contributed by atoms with E-state index < -0.39 is 11.9 Å². The highest BCUT2D eigenvalue weighted by Crippen LogP contribution is 2.15. The van der Waals surface area contributed by atoms with Gasteiger partial charge in [0, 0.05) is 18.2 Å². The molecule has 0 spiro atoms. The molecule has 3 N–H and O–H groups in total. The van der Waals surface area contributed by atoms with Crippen molar-refractivity contribution in [3.63, 3.8) is 0 Å². The van der Waals surface area contributed by atoms with Gasteiger partial charge in [-0.05, 0) is 18.9 Å². The van der Waals surface area contributed by atoms with Crippen molar-refractivity contribution in [2.24, 2.45) is 5.92 Å². The summed E-state index contributed by atoms with van der Waals surface area (Å²) in [6, 6.07) is 5.64. The van der Waals surface area contributed by atoms with E-state index in [0.29, 0.717) is 5.92 Å². The molecule has 0 aliphatic rings. The average Bonchev–Trinajstić information content (AvgIpc) is 2.36. The second-order valence-electron chi connectivity index (χ2n) is 4.92. The Bertz CT molecular complexity index is 424. The van der Waals surface area contributed by atoms with Gasteiger partial charge < -0.3 is 15.7 Å². The number of aliphatic hydroxyl groups is 1. The standard InChI is InChI=1S/C14H21FN2O2/c1-9(2)10(3)17-14(19)16-8-13(18)11-6-4-5-7-12(11)15/h4-7,9-10,13,18H,8H2,1-3H3,(H2,16,17,19)/t10-,13-/m0/s1. The highest BCUT2D eigenvalue weighted by atomic mass is 19.1. The molecule has 5 heteroatoms. The molecule has 0 radical (unpaired) electrons. The summed E-state index contributed by atoms with van der Waals surface area (Å²) in [7, 11) is 0. The average molecular weight is 268 g/mol. The number of benzene rings is 1. The molecule has 2 atom stereocenters. The lowest BCUT2D eigenvalue weighted by atomic mass is 10.1. The van der Waals surface area contributed by atoms with E-state index in [1.54, 1.807) is 12.1 Å². The monoisotopic (exact) mass is 268 g/mol. The minimum absolute atomic E-state index is 0.0302. The molecule has 0 saturated carbocycles. The van der Waals surface area contributed by atoms with E-state index in [1.807, 2.05) is 20.8 Å². The van der Waals surface area contributed by atoms with Crippen molar-refractivity contribution in [3.8, 4) is 0 Å². The molecule has 0 aliphatic heterocycles. The van der Waals surface area contributed by atoms with Crippen LogP contribution >= 0.6 is 0 Å². The number of nitrogens with one attached hydrogen (secondary N) is 2. The molecule has 0 saturated heterocycles. The molecule has 1 aromatic rings. The van der Waals surface area contributed by atoms with Crippen LogP contribution in [0.2, 0.25) is 0 Å². The maximum atomic E-state index is 13.4. The van der Waals surface area contributed by atoms with Crippen LogP contribution in [0.5, 0.6) is 0 Å². The van der Waals surface area contributed by atoms with E-state index in [4.69, 9.17) is 0 Å². The maximum Gasteiger partial charge on any atom is 0.315 e. The zero-order chi connectivity index (χ0) is 14.4. The fourth-order valence-corrected chi connectivity index (χ4v) is 1.47. The predicted octanol–water partition coefficient (Wildman–Crippen LogP) is 2.20. The Morgan fingerprint density at radius 3 is 2.53 bits per heavy atom. The van der Waals surface area contributed by atoms with Crippen LogP contribution in [0.3, 0.4) is 0 Å². The van der Waals surface area contributed by atoms with Gasteiger partial charge in [-0.3, -0.25) is 0 Å². The molecule has 4 nitrogen and oxygen atoms in total. The highest BCUT2D eigenvalue weighted by Gasteiger charge is 2.15. The van der Waals surface area contributed by atoms with Crippen LogP contribution in [0.15, 0.2) is 24.3 Å². The summed E-state index contributed by atoms with van der Waals surface area (Å²) >= 11 is 0. The topological polar surface area (TPSA) is 61.4 Å². The second kappa shape index (κ2) is 7.09. The van der Waals surface area contributed by atoms with E-state index in [2.05, 4.69) is 10.6 Å². The first-order valence-electron chi connectivity index (χ1n) is 6.38. The normalized spacial score (nSPS) is 14.0. The van der Waals surface area contributed by atoms with E-state index in [0.717, 1.165) is 0 Å². The van der Waals surface area contributed by atoms with Crippen molar-refractivity contribution in [2.45, 2.75) is 32.9 Å². The summed E-state index contributed by atoms with van der Waals surface area (Å²) in [5.74, 6) is -0.157. The van der Waals surface area contributed by atoms with Gasteiger partial charge in [0.25, 0.3) is 0 Å². The van der Waals surface area contributed by atoms with Crippen LogP contribution < -0.4 is 10.6 Å². The van der Waals surface area contributed by atoms with E-state index in [-0.39, 0.29) is 24.2 Å². The van der Waals surface area contributed by atoms with Gasteiger partial charge in [-0.1, -0.05) is 32.0 Å². The molecule has 1 rings (SSSR count). The zero-order valence-corrected chi connectivity index (χ0v) is 11.5. The Labute approximate surface area is 113 Å². The highest BCUT2D eigenvalue weighted by molar-refractivity contribution is 5.74. The third kappa shape index (κ3) is 4.87. The van der Waals surface area contributed by atoms with Gasteiger partial charge in [-0.15, -0.1) is 0 Å². The van der Waals surface area contributed by atoms with Gasteiger partial charge in [-0.2, -0.15) is 0 Å². The largest absolute Gasteiger partial charge is 0.386 e. The SMILES string of the molecule is CC(C)[C@H](C)NC(=O)NC[C@H](O)c1ccccc1F. The lowest BCUT2D eigenvalue weighted by Gasteiger charge is -2.19. The van der Waals surface area contributed by atoms with Crippen molar-refractivity contribution >= 4 is 6.03 Å². The summed E-state index contributed by atoms with van der Waals surface area (Å²) < 4.78 is 13.4. The third-order valence-corrected chi connectivity index (χ3v) is 3.08. The van der Waals surface area contributed by atoms with Crippen molar-refractivity contribution in [1.82, 2.24) is 10.6 Å². The van der Waals surface area contributed by atoms with Crippen LogP contribution in [0.25, 0.3) is 0 Å². The Morgan fingerprint density at radius 1 is 1.32 bits per heavy atom. The molecule has 106 valence electrons. The number of aliphatic hydroxyl groups excluding tert-OH is 1. The molecular weight excluding hydrogens is 247 g/mol. The number of urea groups is 1. The summed E-state index contributed by atoms with van der Waals surface area (Å²) in [4.78, 5) is 11.6. The lowest BCUT2D eigenvalue weighted by molar-refractivity contribution is 0.168. The Kier molecular flexibility index (Phi) is 5.76. The summed E-state index contributed by atoms with van der Waals surface area (Å²) in [6.45, 7) is 5.87. The smallest absolute Gasteiger partial charge is 0.315 e. The Hall–Kier alpha value is -1.62. The molecule has 0 unspecified atom stereocenters. The molecule has 0 heterocycles. The number of amides is 2. The third-order valence-electron chi connectivity index (χ3n) is 3.08. The predicted molar refractivity (Wildman–Crippen MR) is 72.2 cm³/mol. The molecule has 0 fully saturated rings. The van der Waals surface area contributed by atoms with E-state index in [1.165, 1.54) is 12.1 Å². The van der Waals surface area contributed by atoms with Gasteiger partial charge >= 0.3 is 6.03 Å². The first-order chi connectivity index (χ1) is 8.91. The number of halogens is 1. The quantitative estimate of drug-likeness (QED) is 0.766. The maximum absolute atomic E-state index is 13.4. The van der Waals surface area contributed by atoms with Gasteiger partial charge in [0.2, 0.25) is 0 Å². The second-order valence-corrected chi connectivity index (χ2v) is 4.92. The number of carbonyl (C=O) groups excluding carboxylic acids is 1. The first-order valence-corrected chi connectivity index (χ1v) is 6.38. The molecule has 2 amide bonds. The van der Waals surface area contributed by atoms with Crippen molar-refractivity contribution in [1.29, 1.82) is 0 Å². The Balaban J connectivity index is 2.44. The minimum Gasteiger partial charge on any atom is -0.386 e. The van der Waals surface area contributed by atoms with Crippen molar-refractivity contribution in [2.75, 3.05) is 6.54 Å². The molecule has 19 heavy (non-hydrogen) atoms. The van der Waals surface area contributed by atoms with E-state index in [9.17, 15) is 14.3 Å². The van der Waals surface area contributed by atoms with Gasteiger partial charge in [0.1, 0.15) is 5.82 Å². The fourth-order valence-electron chi connectivity index (χ4n) is 1.47. The van der Waals surface area contributed by atoms with Crippen LogP contribution in [-0.4, -0.2) is 23.7 Å². The summed E-state index contributed by atoms with van der Waals surface area (Å²) in [5.41, 5.74) is 0.180. The van der Waals surface area contributed by atoms with Crippen LogP contribution in [0.4, 0.5) is 9.18 Å². The molecular formula is C14H21FN2O2. The van der Waals surface area contributed by atoms with E-state index >= 15 is 0 Å². The Morgan fingerprint density at radius 2 is 1.95 bits per heavy atom. The zero-order valence-electron chi connectivity index (χ0n) is 11.5. The first kappa shape index (κ1) is 15.4. The summed E-state index contributed by atoms with van der Waals surface area (Å²) in [5, 5.41) is 15.1. The number of hydrogen-bond acceptors (Lipinski definition) is 2. The van der Waals surface area contributed by atoms with Gasteiger partial charge in [0.15, 0.2) is 0 Å². The van der Waals surface area contributed by atoms with Crippen LogP contribution in [0.1, 0.15) is 32.4 Å². The van der Waals surface area contributed by atoms with Gasteiger partial charge in [-0.25, -0.2) is 9.18 Å². The van der Waals surface area contributed by atoms with Crippen molar-refractivity contribution in [3.05, 3.63) is 35.6 Å². The van der Waals surface area contributed by atoms with Crippen LogP contribution in [0, 0.1) is 11.7 Å². The molecule has 0 bridgehead atoms. The number of rotatable bonds is 5. The van der Waals surface area contributed by atoms with Crippen molar-refractivity contribution < 1.29 is 14.3 Å². The lowest BCUT2D eigenvalue weighted by Crippen LogP contribution is -2.44.